The maximum atomic E-state index is 12.7. The summed E-state index contributed by atoms with van der Waals surface area (Å²) >= 11 is 0. The van der Waals surface area contributed by atoms with Gasteiger partial charge in [0, 0.05) is 29.7 Å². The quantitative estimate of drug-likeness (QED) is 0.834. The van der Waals surface area contributed by atoms with Crippen molar-refractivity contribution in [1.29, 1.82) is 0 Å². The number of carbonyl (C=O) groups is 1. The predicted octanol–water partition coefficient (Wildman–Crippen LogP) is 3.94. The maximum absolute atomic E-state index is 12.7. The number of aromatic nitrogens is 2. The number of carbonyl (C=O) groups excluding carboxylic acids is 1. The van der Waals surface area contributed by atoms with Gasteiger partial charge in [-0.2, -0.15) is 4.98 Å². The highest BCUT2D eigenvalue weighted by Gasteiger charge is 2.30. The molecular formula is C21H27N3O3. The van der Waals surface area contributed by atoms with Crippen LogP contribution in [0.25, 0.3) is 11.4 Å². The van der Waals surface area contributed by atoms with Crippen molar-refractivity contribution in [3.05, 3.63) is 35.7 Å². The summed E-state index contributed by atoms with van der Waals surface area (Å²) in [7, 11) is 0. The van der Waals surface area contributed by atoms with Crippen LogP contribution in [-0.4, -0.2) is 34.8 Å². The monoisotopic (exact) mass is 369 g/mol. The molecule has 144 valence electrons. The molecule has 6 nitrogen and oxygen atoms in total. The molecule has 0 radical (unpaired) electrons. The molecule has 2 aliphatic rings. The number of amides is 1. The van der Waals surface area contributed by atoms with E-state index in [4.69, 9.17) is 9.26 Å². The zero-order valence-corrected chi connectivity index (χ0v) is 16.0. The van der Waals surface area contributed by atoms with E-state index in [0.29, 0.717) is 35.7 Å². The fourth-order valence-electron chi connectivity index (χ4n) is 3.62. The molecule has 1 aliphatic heterocycles. The van der Waals surface area contributed by atoms with Gasteiger partial charge in [0.05, 0.1) is 6.10 Å². The Morgan fingerprint density at radius 3 is 2.93 bits per heavy atom. The Labute approximate surface area is 159 Å². The third kappa shape index (κ3) is 4.56. The van der Waals surface area contributed by atoms with Gasteiger partial charge in [0.1, 0.15) is 0 Å². The molecule has 1 aromatic carbocycles. The van der Waals surface area contributed by atoms with Gasteiger partial charge in [0.15, 0.2) is 0 Å². The summed E-state index contributed by atoms with van der Waals surface area (Å²) in [5.41, 5.74) is 1.43. The Morgan fingerprint density at radius 2 is 2.15 bits per heavy atom. The fourth-order valence-corrected chi connectivity index (χ4v) is 3.62. The number of ether oxygens (including phenoxy) is 1. The van der Waals surface area contributed by atoms with Crippen LogP contribution in [0.1, 0.15) is 68.1 Å². The molecule has 2 unspecified atom stereocenters. The largest absolute Gasteiger partial charge is 0.378 e. The summed E-state index contributed by atoms with van der Waals surface area (Å²) < 4.78 is 11.2. The molecule has 2 aromatic rings. The molecule has 2 atom stereocenters. The van der Waals surface area contributed by atoms with Gasteiger partial charge in [-0.1, -0.05) is 31.1 Å². The second-order valence-corrected chi connectivity index (χ2v) is 8.13. The van der Waals surface area contributed by atoms with Gasteiger partial charge >= 0.3 is 0 Å². The average molecular weight is 369 g/mol. The number of rotatable bonds is 6. The van der Waals surface area contributed by atoms with E-state index in [0.717, 1.165) is 37.7 Å². The van der Waals surface area contributed by atoms with Crippen molar-refractivity contribution in [2.45, 2.75) is 64.0 Å². The van der Waals surface area contributed by atoms with Crippen LogP contribution in [0.2, 0.25) is 0 Å². The summed E-state index contributed by atoms with van der Waals surface area (Å²) in [6.07, 6.45) is 5.23. The first-order valence-electron chi connectivity index (χ1n) is 9.95. The van der Waals surface area contributed by atoms with Crippen molar-refractivity contribution in [1.82, 2.24) is 15.5 Å². The van der Waals surface area contributed by atoms with Crippen molar-refractivity contribution < 1.29 is 14.1 Å². The zero-order valence-electron chi connectivity index (χ0n) is 16.0. The van der Waals surface area contributed by atoms with Gasteiger partial charge in [-0.25, -0.2) is 0 Å². The minimum absolute atomic E-state index is 0.0574. The van der Waals surface area contributed by atoms with E-state index in [1.807, 2.05) is 24.3 Å². The van der Waals surface area contributed by atoms with Crippen LogP contribution in [-0.2, 0) is 4.74 Å². The van der Waals surface area contributed by atoms with Crippen LogP contribution in [0.3, 0.4) is 0 Å². The van der Waals surface area contributed by atoms with E-state index in [2.05, 4.69) is 29.3 Å². The highest BCUT2D eigenvalue weighted by atomic mass is 16.5. The number of benzene rings is 1. The lowest BCUT2D eigenvalue weighted by atomic mass is 9.96. The standard InChI is InChI=1S/C21H27N3O3/c1-13(2)10-18-12-17(8-9-26-18)22-20(25)16-5-3-4-15(11-16)19-23-21(27-24-19)14-6-7-14/h3-5,11,13-14,17-18H,6-10,12H2,1-2H3,(H,22,25). The molecule has 1 saturated heterocycles. The van der Waals surface area contributed by atoms with Crippen molar-refractivity contribution in [3.63, 3.8) is 0 Å². The lowest BCUT2D eigenvalue weighted by molar-refractivity contribution is -0.00846. The van der Waals surface area contributed by atoms with Crippen molar-refractivity contribution in [2.24, 2.45) is 5.92 Å². The van der Waals surface area contributed by atoms with Crippen LogP contribution in [0.5, 0.6) is 0 Å². The molecule has 2 fully saturated rings. The van der Waals surface area contributed by atoms with Crippen LogP contribution in [0.15, 0.2) is 28.8 Å². The van der Waals surface area contributed by atoms with Gasteiger partial charge in [-0.15, -0.1) is 0 Å². The van der Waals surface area contributed by atoms with Crippen molar-refractivity contribution in [3.8, 4) is 11.4 Å². The summed E-state index contributed by atoms with van der Waals surface area (Å²) in [6, 6.07) is 7.59. The van der Waals surface area contributed by atoms with Crippen molar-refractivity contribution >= 4 is 5.91 Å². The first-order chi connectivity index (χ1) is 13.1. The molecule has 0 bridgehead atoms. The Morgan fingerprint density at radius 1 is 1.30 bits per heavy atom. The van der Waals surface area contributed by atoms with Gasteiger partial charge in [0.25, 0.3) is 5.91 Å². The molecule has 1 amide bonds. The average Bonchev–Trinajstić information content (AvgIpc) is 3.38. The fraction of sp³-hybridized carbons (Fsp3) is 0.571. The smallest absolute Gasteiger partial charge is 0.251 e. The van der Waals surface area contributed by atoms with E-state index in [9.17, 15) is 4.79 Å². The summed E-state index contributed by atoms with van der Waals surface area (Å²) in [6.45, 7) is 5.10. The van der Waals surface area contributed by atoms with Gasteiger partial charge < -0.3 is 14.6 Å². The summed E-state index contributed by atoms with van der Waals surface area (Å²) in [5.74, 6) is 2.22. The Bertz CT molecular complexity index is 797. The molecule has 1 saturated carbocycles. The third-order valence-corrected chi connectivity index (χ3v) is 5.19. The summed E-state index contributed by atoms with van der Waals surface area (Å²) in [5, 5.41) is 7.23. The highest BCUT2D eigenvalue weighted by Crippen LogP contribution is 2.39. The van der Waals surface area contributed by atoms with Crippen molar-refractivity contribution in [2.75, 3.05) is 6.61 Å². The van der Waals surface area contributed by atoms with Crippen LogP contribution in [0.4, 0.5) is 0 Å². The molecule has 2 heterocycles. The van der Waals surface area contributed by atoms with E-state index < -0.39 is 0 Å². The van der Waals surface area contributed by atoms with Crippen LogP contribution < -0.4 is 5.32 Å². The molecule has 0 spiro atoms. The van der Waals surface area contributed by atoms with Gasteiger partial charge in [-0.05, 0) is 50.2 Å². The molecule has 4 rings (SSSR count). The summed E-state index contributed by atoms with van der Waals surface area (Å²) in [4.78, 5) is 17.2. The van der Waals surface area contributed by atoms with E-state index in [-0.39, 0.29) is 18.1 Å². The molecule has 27 heavy (non-hydrogen) atoms. The second kappa shape index (κ2) is 7.80. The Hall–Kier alpha value is -2.21. The number of nitrogens with one attached hydrogen (secondary N) is 1. The third-order valence-electron chi connectivity index (χ3n) is 5.19. The highest BCUT2D eigenvalue weighted by molar-refractivity contribution is 5.95. The van der Waals surface area contributed by atoms with Crippen LogP contribution >= 0.6 is 0 Å². The minimum Gasteiger partial charge on any atom is -0.378 e. The normalized spacial score (nSPS) is 22.8. The SMILES string of the molecule is CC(C)CC1CC(NC(=O)c2cccc(-c3noc(C4CC4)n3)c2)CCO1. The zero-order chi connectivity index (χ0) is 18.8. The Kier molecular flexibility index (Phi) is 5.25. The first-order valence-corrected chi connectivity index (χ1v) is 9.95. The first kappa shape index (κ1) is 18.2. The van der Waals surface area contributed by atoms with Gasteiger partial charge in [0.2, 0.25) is 11.7 Å². The lowest BCUT2D eigenvalue weighted by Crippen LogP contribution is -2.42. The second-order valence-electron chi connectivity index (χ2n) is 8.13. The Balaban J connectivity index is 1.41. The molecule has 1 N–H and O–H groups in total. The minimum atomic E-state index is -0.0574. The van der Waals surface area contributed by atoms with E-state index in [1.54, 1.807) is 0 Å². The van der Waals surface area contributed by atoms with Gasteiger partial charge in [-0.3, -0.25) is 4.79 Å². The van der Waals surface area contributed by atoms with E-state index in [1.165, 1.54) is 0 Å². The molecular weight excluding hydrogens is 342 g/mol. The molecule has 1 aromatic heterocycles. The number of hydrogen-bond acceptors (Lipinski definition) is 5. The topological polar surface area (TPSA) is 77.3 Å². The lowest BCUT2D eigenvalue weighted by Gasteiger charge is -2.31. The van der Waals surface area contributed by atoms with E-state index >= 15 is 0 Å². The predicted molar refractivity (Wildman–Crippen MR) is 101 cm³/mol. The maximum Gasteiger partial charge on any atom is 0.251 e. The molecule has 6 heteroatoms. The number of hydrogen-bond donors (Lipinski definition) is 1. The number of nitrogens with zero attached hydrogens (tertiary/aromatic N) is 2. The molecule has 1 aliphatic carbocycles. The van der Waals surface area contributed by atoms with Crippen LogP contribution in [0, 0.1) is 5.92 Å².